The second kappa shape index (κ2) is 9.96. The van der Waals surface area contributed by atoms with Gasteiger partial charge in [0.15, 0.2) is 0 Å². The first-order valence-electron chi connectivity index (χ1n) is 14.2. The maximum atomic E-state index is 13.9. The van der Waals surface area contributed by atoms with Crippen LogP contribution in [0.4, 0.5) is 5.69 Å². The number of anilines is 1. The summed E-state index contributed by atoms with van der Waals surface area (Å²) in [5.41, 5.74) is 4.11. The predicted molar refractivity (Wildman–Crippen MR) is 167 cm³/mol. The molecule has 3 aromatic carbocycles. The summed E-state index contributed by atoms with van der Waals surface area (Å²) >= 11 is 6.44. The van der Waals surface area contributed by atoms with E-state index in [1.807, 2.05) is 48.5 Å². The Morgan fingerprint density at radius 2 is 1.64 bits per heavy atom. The molecule has 0 unspecified atom stereocenters. The number of halogens is 1. The Hall–Kier alpha value is -3.14. The second-order valence-corrected chi connectivity index (χ2v) is 14.9. The number of carbonyl (C=O) groups is 2. The van der Waals surface area contributed by atoms with Crippen molar-refractivity contribution in [3.05, 3.63) is 109 Å². The number of ether oxygens (including phenoxy) is 1. The molecule has 3 fully saturated rings. The van der Waals surface area contributed by atoms with E-state index in [2.05, 4.69) is 52.1 Å². The highest BCUT2D eigenvalue weighted by atomic mass is 79.9. The topological polar surface area (TPSA) is 79.5 Å². The number of aromatic nitrogens is 1. The van der Waals surface area contributed by atoms with Gasteiger partial charge in [-0.15, -0.1) is 11.8 Å². The Labute approximate surface area is 259 Å². The first-order valence-corrected chi connectivity index (χ1v) is 16.7. The van der Waals surface area contributed by atoms with E-state index in [1.54, 1.807) is 11.8 Å². The van der Waals surface area contributed by atoms with Gasteiger partial charge < -0.3 is 9.72 Å². The molecule has 2 saturated carbocycles. The van der Waals surface area contributed by atoms with E-state index in [1.165, 1.54) is 21.8 Å². The van der Waals surface area contributed by atoms with Crippen molar-refractivity contribution >= 4 is 56.5 Å². The number of fused-ring (bicyclic) bond motifs is 9. The maximum absolute atomic E-state index is 13.9. The summed E-state index contributed by atoms with van der Waals surface area (Å²) in [5.74, 6) is 0.367. The highest BCUT2D eigenvalue weighted by Crippen LogP contribution is 2.68. The molecule has 1 N–H and O–H groups in total. The van der Waals surface area contributed by atoms with Crippen LogP contribution in [0.25, 0.3) is 0 Å². The molecule has 2 bridgehead atoms. The first-order chi connectivity index (χ1) is 20.4. The van der Waals surface area contributed by atoms with Gasteiger partial charge in [0.1, 0.15) is 12.4 Å². The Kier molecular flexibility index (Phi) is 6.28. The lowest BCUT2D eigenvalue weighted by atomic mass is 9.68. The van der Waals surface area contributed by atoms with Crippen LogP contribution in [0.1, 0.15) is 33.9 Å². The first kappa shape index (κ1) is 26.5. The molecule has 6 nitrogen and oxygen atoms in total. The van der Waals surface area contributed by atoms with Gasteiger partial charge in [-0.3, -0.25) is 19.3 Å². The third-order valence-electron chi connectivity index (χ3n) is 9.70. The Bertz CT molecular complexity index is 1780. The van der Waals surface area contributed by atoms with Crippen LogP contribution in [0.5, 0.6) is 5.75 Å². The van der Waals surface area contributed by atoms with E-state index in [4.69, 9.17) is 4.74 Å². The number of aromatic amines is 1. The van der Waals surface area contributed by atoms with Crippen molar-refractivity contribution in [2.45, 2.75) is 36.1 Å². The van der Waals surface area contributed by atoms with Crippen LogP contribution in [-0.4, -0.2) is 22.0 Å². The van der Waals surface area contributed by atoms with E-state index >= 15 is 0 Å². The van der Waals surface area contributed by atoms with Crippen molar-refractivity contribution in [3.8, 4) is 5.75 Å². The SMILES string of the molecule is Cc1ccccc1COc1ccc([C@@H]2c3sc(=O)[nH]c3S[C@@H]3[C@@H]4C[C@@H]([C@@H]5C(=O)N(c6ccc(Br)cc6)C(=O)[C@@H]45)[C@@H]23)cc1. The van der Waals surface area contributed by atoms with Crippen LogP contribution in [0.2, 0.25) is 0 Å². The van der Waals surface area contributed by atoms with Gasteiger partial charge in [0.2, 0.25) is 11.8 Å². The smallest absolute Gasteiger partial charge is 0.305 e. The van der Waals surface area contributed by atoms with Crippen LogP contribution in [0.15, 0.2) is 87.1 Å². The molecule has 4 aromatic rings. The minimum Gasteiger partial charge on any atom is -0.489 e. The molecule has 3 heterocycles. The van der Waals surface area contributed by atoms with Crippen molar-refractivity contribution in [1.82, 2.24) is 4.98 Å². The number of carbonyl (C=O) groups excluding carboxylic acids is 2. The monoisotopic (exact) mass is 658 g/mol. The van der Waals surface area contributed by atoms with Gasteiger partial charge in [0.25, 0.3) is 0 Å². The summed E-state index contributed by atoms with van der Waals surface area (Å²) in [6.45, 7) is 2.58. The van der Waals surface area contributed by atoms with Crippen molar-refractivity contribution in [3.63, 3.8) is 0 Å². The number of benzene rings is 3. The molecule has 7 atom stereocenters. The zero-order chi connectivity index (χ0) is 28.7. The molecule has 0 spiro atoms. The second-order valence-electron chi connectivity index (χ2n) is 11.7. The van der Waals surface area contributed by atoms with Crippen LogP contribution >= 0.6 is 39.0 Å². The zero-order valence-corrected chi connectivity index (χ0v) is 25.9. The molecule has 0 radical (unpaired) electrons. The molecule has 4 aliphatic rings. The number of nitrogens with one attached hydrogen (secondary N) is 1. The number of H-pyrrole nitrogens is 1. The van der Waals surface area contributed by atoms with Crippen molar-refractivity contribution < 1.29 is 14.3 Å². The lowest BCUT2D eigenvalue weighted by Gasteiger charge is -2.43. The van der Waals surface area contributed by atoms with Gasteiger partial charge in [-0.2, -0.15) is 0 Å². The maximum Gasteiger partial charge on any atom is 0.305 e. The summed E-state index contributed by atoms with van der Waals surface area (Å²) < 4.78 is 7.03. The van der Waals surface area contributed by atoms with Crippen LogP contribution in [-0.2, 0) is 16.2 Å². The van der Waals surface area contributed by atoms with Crippen LogP contribution < -0.4 is 14.5 Å². The highest BCUT2D eigenvalue weighted by molar-refractivity contribution is 9.10. The molecular weight excluding hydrogens is 632 g/mol. The molecular formula is C33H27BrN2O4S2. The van der Waals surface area contributed by atoms with Crippen LogP contribution in [0, 0.1) is 36.5 Å². The number of nitrogens with zero attached hydrogens (tertiary/aromatic N) is 1. The van der Waals surface area contributed by atoms with Crippen molar-refractivity contribution in [2.75, 3.05) is 4.90 Å². The molecule has 9 heteroatoms. The third-order valence-corrected chi connectivity index (χ3v) is 12.8. The predicted octanol–water partition coefficient (Wildman–Crippen LogP) is 6.76. The third kappa shape index (κ3) is 4.00. The van der Waals surface area contributed by atoms with E-state index < -0.39 is 0 Å². The number of imide groups is 1. The molecule has 212 valence electrons. The fraction of sp³-hybridized carbons (Fsp3) is 0.303. The molecule has 2 aliphatic carbocycles. The number of thiazole rings is 1. The van der Waals surface area contributed by atoms with Gasteiger partial charge in [-0.05, 0) is 84.2 Å². The van der Waals surface area contributed by atoms with Gasteiger partial charge in [0.05, 0.1) is 22.5 Å². The summed E-state index contributed by atoms with van der Waals surface area (Å²) in [6.07, 6.45) is 0.872. The molecule has 8 rings (SSSR count). The zero-order valence-electron chi connectivity index (χ0n) is 22.7. The summed E-state index contributed by atoms with van der Waals surface area (Å²) in [7, 11) is 0. The molecule has 2 aliphatic heterocycles. The average Bonchev–Trinajstić information content (AvgIpc) is 3.72. The summed E-state index contributed by atoms with van der Waals surface area (Å²) in [6, 6.07) is 23.8. The quantitative estimate of drug-likeness (QED) is 0.240. The lowest BCUT2D eigenvalue weighted by molar-refractivity contribution is -0.123. The molecule has 42 heavy (non-hydrogen) atoms. The Balaban J connectivity index is 1.12. The number of hydrogen-bond donors (Lipinski definition) is 1. The van der Waals surface area contributed by atoms with Crippen molar-refractivity contribution in [1.29, 1.82) is 0 Å². The number of amides is 2. The van der Waals surface area contributed by atoms with Gasteiger partial charge in [-0.1, -0.05) is 63.7 Å². The number of aryl methyl sites for hydroxylation is 1. The minimum atomic E-state index is -0.315. The standard InChI is InChI=1S/C33H27BrN2O4S2/c1-16-4-2-3-5-18(16)15-40-21-12-6-17(7-13-21)24-25-22-14-23(28(25)41-30-29(24)42-33(39)35-30)27-26(22)31(37)36(32(27)38)20-10-8-19(34)9-11-20/h2-13,22-28H,14-15H2,1H3,(H,35,39)/t22-,23-,24+,25+,26+,27+,28-/m1/s1. The number of thioether (sulfide) groups is 1. The number of hydrogen-bond acceptors (Lipinski definition) is 6. The van der Waals surface area contributed by atoms with Gasteiger partial charge in [0, 0.05) is 20.5 Å². The van der Waals surface area contributed by atoms with Gasteiger partial charge >= 0.3 is 4.87 Å². The normalized spacial score (nSPS) is 29.0. The van der Waals surface area contributed by atoms with Gasteiger partial charge in [-0.25, -0.2) is 0 Å². The van der Waals surface area contributed by atoms with E-state index in [9.17, 15) is 14.4 Å². The fourth-order valence-corrected chi connectivity index (χ4v) is 11.1. The summed E-state index contributed by atoms with van der Waals surface area (Å²) in [5, 5.41) is 1.08. The molecule has 1 aromatic heterocycles. The minimum absolute atomic E-state index is 0.0128. The highest BCUT2D eigenvalue weighted by Gasteiger charge is 2.69. The number of rotatable bonds is 5. The van der Waals surface area contributed by atoms with Crippen LogP contribution in [0.3, 0.4) is 0 Å². The van der Waals surface area contributed by atoms with E-state index in [-0.39, 0.29) is 57.4 Å². The van der Waals surface area contributed by atoms with E-state index in [0.717, 1.165) is 37.7 Å². The Morgan fingerprint density at radius 1 is 0.929 bits per heavy atom. The summed E-state index contributed by atoms with van der Waals surface area (Å²) in [4.78, 5) is 45.8. The van der Waals surface area contributed by atoms with Crippen molar-refractivity contribution in [2.24, 2.45) is 29.6 Å². The molecule has 2 amide bonds. The lowest BCUT2D eigenvalue weighted by Crippen LogP contribution is -2.42. The average molecular weight is 660 g/mol. The largest absolute Gasteiger partial charge is 0.489 e. The van der Waals surface area contributed by atoms with E-state index in [0.29, 0.717) is 12.3 Å². The fourth-order valence-electron chi connectivity index (χ4n) is 7.94. The Morgan fingerprint density at radius 3 is 2.38 bits per heavy atom. The molecule has 1 saturated heterocycles.